The molecule has 1 rings (SSSR count). The summed E-state index contributed by atoms with van der Waals surface area (Å²) in [5.74, 6) is -0.865. The SMILES string of the molecule is CC(C)NCCCOc1ccc(F)cc1C(N)=O. The quantitative estimate of drug-likeness (QED) is 0.728. The maximum absolute atomic E-state index is 13.0. The van der Waals surface area contributed by atoms with E-state index in [2.05, 4.69) is 19.2 Å². The summed E-state index contributed by atoms with van der Waals surface area (Å²) in [4.78, 5) is 11.1. The molecule has 0 aliphatic rings. The van der Waals surface area contributed by atoms with Gasteiger partial charge in [0.25, 0.3) is 5.91 Å². The zero-order valence-corrected chi connectivity index (χ0v) is 10.7. The van der Waals surface area contributed by atoms with E-state index in [1.165, 1.54) is 12.1 Å². The van der Waals surface area contributed by atoms with Crippen LogP contribution in [0.5, 0.6) is 5.75 Å². The zero-order chi connectivity index (χ0) is 13.5. The van der Waals surface area contributed by atoms with Gasteiger partial charge in [-0.3, -0.25) is 4.79 Å². The van der Waals surface area contributed by atoms with Crippen LogP contribution in [-0.4, -0.2) is 25.1 Å². The number of hydrogen-bond acceptors (Lipinski definition) is 3. The molecule has 4 nitrogen and oxygen atoms in total. The Balaban J connectivity index is 2.49. The maximum Gasteiger partial charge on any atom is 0.252 e. The highest BCUT2D eigenvalue weighted by atomic mass is 19.1. The first kappa shape index (κ1) is 14.4. The molecule has 0 spiro atoms. The minimum atomic E-state index is -0.690. The van der Waals surface area contributed by atoms with Crippen LogP contribution < -0.4 is 15.8 Å². The summed E-state index contributed by atoms with van der Waals surface area (Å²) >= 11 is 0. The number of nitrogens with two attached hydrogens (primary N) is 1. The first-order valence-corrected chi connectivity index (χ1v) is 5.96. The van der Waals surface area contributed by atoms with Crippen LogP contribution in [0, 0.1) is 5.82 Å². The van der Waals surface area contributed by atoms with Crippen LogP contribution in [0.4, 0.5) is 4.39 Å². The first-order valence-electron chi connectivity index (χ1n) is 5.96. The summed E-state index contributed by atoms with van der Waals surface area (Å²) in [6.45, 7) is 5.40. The van der Waals surface area contributed by atoms with Gasteiger partial charge in [-0.15, -0.1) is 0 Å². The highest BCUT2D eigenvalue weighted by Gasteiger charge is 2.10. The average molecular weight is 254 g/mol. The van der Waals surface area contributed by atoms with Crippen molar-refractivity contribution in [3.05, 3.63) is 29.6 Å². The molecule has 1 aromatic rings. The lowest BCUT2D eigenvalue weighted by Crippen LogP contribution is -2.25. The molecule has 0 bridgehead atoms. The van der Waals surface area contributed by atoms with E-state index in [0.29, 0.717) is 18.4 Å². The first-order chi connectivity index (χ1) is 8.50. The maximum atomic E-state index is 13.0. The standard InChI is InChI=1S/C13H19FN2O2/c1-9(2)16-6-3-7-18-12-5-4-10(14)8-11(12)13(15)17/h4-5,8-9,16H,3,6-7H2,1-2H3,(H2,15,17). The van der Waals surface area contributed by atoms with Gasteiger partial charge in [0.15, 0.2) is 0 Å². The fraction of sp³-hybridized carbons (Fsp3) is 0.462. The van der Waals surface area contributed by atoms with E-state index in [4.69, 9.17) is 10.5 Å². The van der Waals surface area contributed by atoms with Gasteiger partial charge in [-0.1, -0.05) is 13.8 Å². The fourth-order valence-electron chi connectivity index (χ4n) is 1.47. The predicted octanol–water partition coefficient (Wildman–Crippen LogP) is 1.69. The van der Waals surface area contributed by atoms with Gasteiger partial charge < -0.3 is 15.8 Å². The lowest BCUT2D eigenvalue weighted by molar-refractivity contribution is 0.0996. The lowest BCUT2D eigenvalue weighted by Gasteiger charge is -2.11. The zero-order valence-electron chi connectivity index (χ0n) is 10.7. The predicted molar refractivity (Wildman–Crippen MR) is 68.2 cm³/mol. The van der Waals surface area contributed by atoms with Crippen molar-refractivity contribution < 1.29 is 13.9 Å². The second kappa shape index (κ2) is 6.96. The topological polar surface area (TPSA) is 64.3 Å². The molecule has 0 saturated heterocycles. The number of carbonyl (C=O) groups excluding carboxylic acids is 1. The Morgan fingerprint density at radius 2 is 2.22 bits per heavy atom. The molecule has 3 N–H and O–H groups in total. The second-order valence-corrected chi connectivity index (χ2v) is 4.32. The molecule has 0 aliphatic heterocycles. The minimum Gasteiger partial charge on any atom is -0.493 e. The Morgan fingerprint density at radius 1 is 1.50 bits per heavy atom. The molecule has 0 unspecified atom stereocenters. The van der Waals surface area contributed by atoms with E-state index in [1.54, 1.807) is 0 Å². The van der Waals surface area contributed by atoms with Gasteiger partial charge in [0.2, 0.25) is 0 Å². The summed E-state index contributed by atoms with van der Waals surface area (Å²) in [6, 6.07) is 4.18. The number of carbonyl (C=O) groups is 1. The number of ether oxygens (including phenoxy) is 1. The summed E-state index contributed by atoms with van der Waals surface area (Å²) in [5, 5.41) is 3.25. The van der Waals surface area contributed by atoms with Crippen molar-refractivity contribution in [3.8, 4) is 5.75 Å². The normalized spacial score (nSPS) is 10.7. The van der Waals surface area contributed by atoms with Crippen LogP contribution in [0.15, 0.2) is 18.2 Å². The van der Waals surface area contributed by atoms with Crippen molar-refractivity contribution in [2.75, 3.05) is 13.2 Å². The van der Waals surface area contributed by atoms with Crippen LogP contribution in [0.2, 0.25) is 0 Å². The molecule has 100 valence electrons. The van der Waals surface area contributed by atoms with Gasteiger partial charge in [0.1, 0.15) is 11.6 Å². The number of amides is 1. The molecule has 0 atom stereocenters. The van der Waals surface area contributed by atoms with Gasteiger partial charge in [0, 0.05) is 6.04 Å². The Morgan fingerprint density at radius 3 is 2.83 bits per heavy atom. The van der Waals surface area contributed by atoms with Crippen LogP contribution in [0.25, 0.3) is 0 Å². The highest BCUT2D eigenvalue weighted by molar-refractivity contribution is 5.95. The van der Waals surface area contributed by atoms with Crippen molar-refractivity contribution in [3.63, 3.8) is 0 Å². The molecule has 0 radical (unpaired) electrons. The average Bonchev–Trinajstić information content (AvgIpc) is 2.29. The number of primary amides is 1. The molecule has 1 aromatic carbocycles. The number of nitrogens with one attached hydrogen (secondary N) is 1. The Kier molecular flexibility index (Phi) is 5.58. The van der Waals surface area contributed by atoms with E-state index >= 15 is 0 Å². The molecule has 0 aromatic heterocycles. The largest absolute Gasteiger partial charge is 0.493 e. The third kappa shape index (κ3) is 4.71. The summed E-state index contributed by atoms with van der Waals surface area (Å²) in [6.07, 6.45) is 0.799. The number of benzene rings is 1. The van der Waals surface area contributed by atoms with Gasteiger partial charge in [-0.2, -0.15) is 0 Å². The third-order valence-corrected chi connectivity index (χ3v) is 2.34. The molecule has 0 saturated carbocycles. The van der Waals surface area contributed by atoms with Crippen LogP contribution >= 0.6 is 0 Å². The van der Waals surface area contributed by atoms with Crippen LogP contribution in [0.1, 0.15) is 30.6 Å². The van der Waals surface area contributed by atoms with Crippen LogP contribution in [-0.2, 0) is 0 Å². The summed E-state index contributed by atoms with van der Waals surface area (Å²) < 4.78 is 18.4. The second-order valence-electron chi connectivity index (χ2n) is 4.32. The van der Waals surface area contributed by atoms with Crippen molar-refractivity contribution in [2.24, 2.45) is 5.73 Å². The monoisotopic (exact) mass is 254 g/mol. The van der Waals surface area contributed by atoms with Crippen molar-refractivity contribution >= 4 is 5.91 Å². The molecular weight excluding hydrogens is 235 g/mol. The summed E-state index contributed by atoms with van der Waals surface area (Å²) in [5.41, 5.74) is 5.23. The molecule has 0 fully saturated rings. The van der Waals surface area contributed by atoms with Gasteiger partial charge in [0.05, 0.1) is 12.2 Å². The van der Waals surface area contributed by atoms with Gasteiger partial charge in [-0.05, 0) is 31.2 Å². The van der Waals surface area contributed by atoms with E-state index < -0.39 is 11.7 Å². The van der Waals surface area contributed by atoms with Crippen LogP contribution in [0.3, 0.4) is 0 Å². The lowest BCUT2D eigenvalue weighted by atomic mass is 10.2. The van der Waals surface area contributed by atoms with E-state index in [-0.39, 0.29) is 5.56 Å². The molecule has 0 aliphatic carbocycles. The summed E-state index contributed by atoms with van der Waals surface area (Å²) in [7, 11) is 0. The molecule has 1 amide bonds. The van der Waals surface area contributed by atoms with Crippen molar-refractivity contribution in [1.82, 2.24) is 5.32 Å². The Bertz CT molecular complexity index is 408. The minimum absolute atomic E-state index is 0.0758. The fourth-order valence-corrected chi connectivity index (χ4v) is 1.47. The Hall–Kier alpha value is -1.62. The highest BCUT2D eigenvalue weighted by Crippen LogP contribution is 2.19. The van der Waals surface area contributed by atoms with E-state index in [0.717, 1.165) is 19.0 Å². The van der Waals surface area contributed by atoms with Crippen molar-refractivity contribution in [1.29, 1.82) is 0 Å². The molecule has 18 heavy (non-hydrogen) atoms. The number of hydrogen-bond donors (Lipinski definition) is 2. The smallest absolute Gasteiger partial charge is 0.252 e. The van der Waals surface area contributed by atoms with E-state index in [1.807, 2.05) is 0 Å². The molecule has 5 heteroatoms. The molecular formula is C13H19FN2O2. The Labute approximate surface area is 106 Å². The van der Waals surface area contributed by atoms with Crippen molar-refractivity contribution in [2.45, 2.75) is 26.3 Å². The van der Waals surface area contributed by atoms with E-state index in [9.17, 15) is 9.18 Å². The number of halogens is 1. The third-order valence-electron chi connectivity index (χ3n) is 2.34. The van der Waals surface area contributed by atoms with Gasteiger partial charge in [-0.25, -0.2) is 4.39 Å². The van der Waals surface area contributed by atoms with Gasteiger partial charge >= 0.3 is 0 Å². The molecule has 0 heterocycles. The number of rotatable bonds is 7.